The molecule has 3 amide bonds. The summed E-state index contributed by atoms with van der Waals surface area (Å²) in [7, 11) is 0. The van der Waals surface area contributed by atoms with Crippen molar-refractivity contribution in [2.75, 3.05) is 11.5 Å². The van der Waals surface area contributed by atoms with Gasteiger partial charge in [0.15, 0.2) is 11.5 Å². The summed E-state index contributed by atoms with van der Waals surface area (Å²) in [6.07, 6.45) is 1.63. The first-order valence-electron chi connectivity index (χ1n) is 10.5. The number of hydrogen-bond acceptors (Lipinski definition) is 4. The molecule has 6 nitrogen and oxygen atoms in total. The monoisotopic (exact) mass is 506 g/mol. The molecule has 0 unspecified atom stereocenters. The number of anilines is 1. The van der Waals surface area contributed by atoms with E-state index in [9.17, 15) is 9.59 Å². The molecule has 0 atom stereocenters. The first-order valence-corrected chi connectivity index (χ1v) is 11.3. The predicted octanol–water partition coefficient (Wildman–Crippen LogP) is 5.83. The average Bonchev–Trinajstić information content (AvgIpc) is 3.06. The fourth-order valence-electron chi connectivity index (χ4n) is 3.55. The molecule has 1 saturated heterocycles. The highest BCUT2D eigenvalue weighted by Crippen LogP contribution is 2.38. The zero-order chi connectivity index (χ0) is 23.4. The Bertz CT molecular complexity index is 1220. The number of rotatable bonds is 7. The second kappa shape index (κ2) is 9.92. The van der Waals surface area contributed by atoms with Gasteiger partial charge in [-0.25, -0.2) is 9.69 Å². The van der Waals surface area contributed by atoms with Gasteiger partial charge >= 0.3 is 6.03 Å². The quantitative estimate of drug-likeness (QED) is 0.323. The molecule has 33 heavy (non-hydrogen) atoms. The first kappa shape index (κ1) is 22.6. The van der Waals surface area contributed by atoms with Gasteiger partial charge in [0, 0.05) is 0 Å². The number of ether oxygens (including phenoxy) is 2. The molecular formula is C26H23BrN2O4. The Kier molecular flexibility index (Phi) is 6.79. The van der Waals surface area contributed by atoms with Crippen LogP contribution in [0, 0.1) is 6.92 Å². The van der Waals surface area contributed by atoms with E-state index in [4.69, 9.17) is 9.47 Å². The Balaban J connectivity index is 1.60. The van der Waals surface area contributed by atoms with Crippen molar-refractivity contribution < 1.29 is 19.1 Å². The van der Waals surface area contributed by atoms with E-state index in [1.165, 1.54) is 0 Å². The van der Waals surface area contributed by atoms with Crippen LogP contribution in [0.5, 0.6) is 11.5 Å². The number of nitrogens with one attached hydrogen (secondary N) is 1. The van der Waals surface area contributed by atoms with Gasteiger partial charge in [-0.15, -0.1) is 0 Å². The topological polar surface area (TPSA) is 67.9 Å². The van der Waals surface area contributed by atoms with E-state index in [2.05, 4.69) is 27.3 Å². The number of carbonyl (C=O) groups is 2. The molecule has 3 aromatic carbocycles. The molecule has 1 fully saturated rings. The van der Waals surface area contributed by atoms with Crippen molar-refractivity contribution in [3.63, 3.8) is 0 Å². The summed E-state index contributed by atoms with van der Waals surface area (Å²) < 4.78 is 12.6. The van der Waals surface area contributed by atoms with Gasteiger partial charge in [-0.2, -0.15) is 0 Å². The van der Waals surface area contributed by atoms with Crippen LogP contribution in [0.3, 0.4) is 0 Å². The second-order valence-electron chi connectivity index (χ2n) is 7.51. The molecule has 0 bridgehead atoms. The van der Waals surface area contributed by atoms with Gasteiger partial charge in [0.2, 0.25) is 0 Å². The van der Waals surface area contributed by atoms with Crippen LogP contribution in [0.15, 0.2) is 76.9 Å². The maximum absolute atomic E-state index is 12.9. The van der Waals surface area contributed by atoms with Crippen LogP contribution in [0.4, 0.5) is 10.5 Å². The molecule has 1 aliphatic rings. The first-order chi connectivity index (χ1) is 16.0. The van der Waals surface area contributed by atoms with Gasteiger partial charge in [-0.05, 0) is 71.2 Å². The summed E-state index contributed by atoms with van der Waals surface area (Å²) in [5.74, 6) is 0.705. The van der Waals surface area contributed by atoms with Crippen molar-refractivity contribution >= 4 is 39.6 Å². The molecular weight excluding hydrogens is 484 g/mol. The summed E-state index contributed by atoms with van der Waals surface area (Å²) in [5, 5.41) is 2.65. The lowest BCUT2D eigenvalue weighted by Gasteiger charge is -2.15. The molecule has 4 rings (SSSR count). The van der Waals surface area contributed by atoms with E-state index in [1.54, 1.807) is 36.4 Å². The number of urea groups is 1. The lowest BCUT2D eigenvalue weighted by molar-refractivity contribution is -0.113. The average molecular weight is 507 g/mol. The van der Waals surface area contributed by atoms with Crippen molar-refractivity contribution in [1.29, 1.82) is 0 Å². The lowest BCUT2D eigenvalue weighted by Crippen LogP contribution is -2.30. The van der Waals surface area contributed by atoms with Crippen molar-refractivity contribution in [2.24, 2.45) is 0 Å². The van der Waals surface area contributed by atoms with E-state index in [-0.39, 0.29) is 5.70 Å². The number of nitrogens with zero attached hydrogens (tertiary/aromatic N) is 1. The second-order valence-corrected chi connectivity index (χ2v) is 8.36. The Morgan fingerprint density at radius 2 is 1.79 bits per heavy atom. The number of para-hydroxylation sites is 1. The smallest absolute Gasteiger partial charge is 0.333 e. The van der Waals surface area contributed by atoms with E-state index in [1.807, 2.05) is 44.2 Å². The third-order valence-corrected chi connectivity index (χ3v) is 5.59. The molecule has 1 N–H and O–H groups in total. The molecule has 0 radical (unpaired) electrons. The maximum Gasteiger partial charge on any atom is 0.333 e. The van der Waals surface area contributed by atoms with Crippen LogP contribution >= 0.6 is 15.9 Å². The number of aryl methyl sites for hydroxylation is 1. The van der Waals surface area contributed by atoms with Gasteiger partial charge in [0.05, 0.1) is 16.8 Å². The summed E-state index contributed by atoms with van der Waals surface area (Å²) in [6, 6.07) is 20.0. The zero-order valence-electron chi connectivity index (χ0n) is 18.3. The van der Waals surface area contributed by atoms with Crippen LogP contribution in [-0.4, -0.2) is 18.5 Å². The minimum Gasteiger partial charge on any atom is -0.490 e. The van der Waals surface area contributed by atoms with Crippen molar-refractivity contribution in [3.05, 3.63) is 93.6 Å². The van der Waals surface area contributed by atoms with Gasteiger partial charge in [0.25, 0.3) is 5.91 Å². The number of amides is 3. The highest BCUT2D eigenvalue weighted by molar-refractivity contribution is 9.10. The molecule has 0 spiro atoms. The van der Waals surface area contributed by atoms with Gasteiger partial charge in [0.1, 0.15) is 12.3 Å². The van der Waals surface area contributed by atoms with E-state index < -0.39 is 11.9 Å². The molecule has 7 heteroatoms. The Morgan fingerprint density at radius 3 is 2.52 bits per heavy atom. The van der Waals surface area contributed by atoms with Crippen LogP contribution in [0.1, 0.15) is 23.6 Å². The van der Waals surface area contributed by atoms with Gasteiger partial charge in [-0.1, -0.05) is 48.0 Å². The SMILES string of the molecule is CCOc1cc(/C=C2/NC(=O)N(c3ccccc3)C2=O)cc(Br)c1OCc1cccc(C)c1. The molecule has 0 aliphatic carbocycles. The standard InChI is InChI=1S/C26H23BrN2O4/c1-3-32-23-15-19(13-21(27)24(23)33-16-18-9-7-8-17(2)12-18)14-22-25(30)29(26(31)28-22)20-10-5-4-6-11-20/h4-15H,3,16H2,1-2H3,(H,28,31)/b22-14+. The minimum absolute atomic E-state index is 0.187. The van der Waals surface area contributed by atoms with Crippen LogP contribution in [0.2, 0.25) is 0 Å². The van der Waals surface area contributed by atoms with Crippen LogP contribution in [0.25, 0.3) is 6.08 Å². The Labute approximate surface area is 200 Å². The third-order valence-electron chi connectivity index (χ3n) is 5.00. The number of halogens is 1. The summed E-state index contributed by atoms with van der Waals surface area (Å²) in [6.45, 7) is 4.77. The number of hydrogen-bond donors (Lipinski definition) is 1. The fraction of sp³-hybridized carbons (Fsp3) is 0.154. The highest BCUT2D eigenvalue weighted by Gasteiger charge is 2.34. The molecule has 1 heterocycles. The zero-order valence-corrected chi connectivity index (χ0v) is 19.9. The Hall–Kier alpha value is -3.58. The summed E-state index contributed by atoms with van der Waals surface area (Å²) >= 11 is 3.56. The van der Waals surface area contributed by atoms with Crippen molar-refractivity contribution in [2.45, 2.75) is 20.5 Å². The van der Waals surface area contributed by atoms with Gasteiger partial charge < -0.3 is 14.8 Å². The normalized spacial score (nSPS) is 14.5. The molecule has 168 valence electrons. The summed E-state index contributed by atoms with van der Waals surface area (Å²) in [4.78, 5) is 26.4. The van der Waals surface area contributed by atoms with E-state index in [0.717, 1.165) is 16.0 Å². The van der Waals surface area contributed by atoms with E-state index in [0.29, 0.717) is 40.4 Å². The maximum atomic E-state index is 12.9. The third kappa shape index (κ3) is 5.09. The summed E-state index contributed by atoms with van der Waals surface area (Å²) in [5.41, 5.74) is 3.60. The van der Waals surface area contributed by atoms with Crippen molar-refractivity contribution in [1.82, 2.24) is 5.32 Å². The van der Waals surface area contributed by atoms with E-state index >= 15 is 0 Å². The van der Waals surface area contributed by atoms with Crippen LogP contribution in [-0.2, 0) is 11.4 Å². The molecule has 0 saturated carbocycles. The number of carbonyl (C=O) groups excluding carboxylic acids is 2. The van der Waals surface area contributed by atoms with Crippen LogP contribution < -0.4 is 19.7 Å². The number of benzene rings is 3. The largest absolute Gasteiger partial charge is 0.490 e. The predicted molar refractivity (Wildman–Crippen MR) is 131 cm³/mol. The highest BCUT2D eigenvalue weighted by atomic mass is 79.9. The minimum atomic E-state index is -0.486. The molecule has 3 aromatic rings. The van der Waals surface area contributed by atoms with Crippen molar-refractivity contribution in [3.8, 4) is 11.5 Å². The Morgan fingerprint density at radius 1 is 1.00 bits per heavy atom. The lowest BCUT2D eigenvalue weighted by atomic mass is 10.1. The van der Waals surface area contributed by atoms with Gasteiger partial charge in [-0.3, -0.25) is 4.79 Å². The molecule has 0 aromatic heterocycles. The molecule has 1 aliphatic heterocycles. The fourth-order valence-corrected chi connectivity index (χ4v) is 4.12. The number of imide groups is 1.